The van der Waals surface area contributed by atoms with Crippen LogP contribution in [-0.2, 0) is 9.53 Å². The highest BCUT2D eigenvalue weighted by molar-refractivity contribution is 7.08. The van der Waals surface area contributed by atoms with Gasteiger partial charge in [0.1, 0.15) is 5.56 Å². The second kappa shape index (κ2) is 7.69. The Morgan fingerprint density at radius 2 is 1.81 bits per heavy atom. The number of hydrogen-bond acceptors (Lipinski definition) is 6. The summed E-state index contributed by atoms with van der Waals surface area (Å²) >= 11 is 0.643. The van der Waals surface area contributed by atoms with Crippen LogP contribution in [0.15, 0.2) is 36.5 Å². The summed E-state index contributed by atoms with van der Waals surface area (Å²) < 4.78 is 47.9. The first-order valence-electron chi connectivity index (χ1n) is 7.30. The van der Waals surface area contributed by atoms with Crippen LogP contribution in [-0.4, -0.2) is 48.4 Å². The highest BCUT2D eigenvalue weighted by Gasteiger charge is 2.43. The Morgan fingerprint density at radius 3 is 2.31 bits per heavy atom. The van der Waals surface area contributed by atoms with Crippen LogP contribution in [0.2, 0.25) is 0 Å². The molecule has 138 valence electrons. The average molecular weight is 384 g/mol. The van der Waals surface area contributed by atoms with Crippen molar-refractivity contribution >= 4 is 28.9 Å². The van der Waals surface area contributed by atoms with Gasteiger partial charge in [0.15, 0.2) is 0 Å². The maximum Gasteiger partial charge on any atom is 0.454 e. The molecule has 0 aliphatic heterocycles. The molecule has 26 heavy (non-hydrogen) atoms. The molecule has 2 aromatic rings. The van der Waals surface area contributed by atoms with Crippen molar-refractivity contribution in [3.8, 4) is 11.3 Å². The molecule has 9 heteroatoms. The first-order chi connectivity index (χ1) is 12.2. The number of alkyl halides is 3. The minimum Gasteiger partial charge on any atom is -0.465 e. The van der Waals surface area contributed by atoms with Crippen molar-refractivity contribution < 1.29 is 27.5 Å². The van der Waals surface area contributed by atoms with E-state index < -0.39 is 23.5 Å². The predicted octanol–water partition coefficient (Wildman–Crippen LogP) is 3.63. The second-order valence-electron chi connectivity index (χ2n) is 5.43. The Labute approximate surface area is 151 Å². The van der Waals surface area contributed by atoms with Crippen molar-refractivity contribution in [1.29, 1.82) is 0 Å². The monoisotopic (exact) mass is 384 g/mol. The number of ketones is 1. The summed E-state index contributed by atoms with van der Waals surface area (Å²) in [6, 6.07) is 8.47. The molecule has 0 aliphatic rings. The van der Waals surface area contributed by atoms with E-state index in [2.05, 4.69) is 4.37 Å². The zero-order valence-corrected chi connectivity index (χ0v) is 14.9. The van der Waals surface area contributed by atoms with Crippen molar-refractivity contribution in [3.63, 3.8) is 0 Å². The molecule has 2 rings (SSSR count). The molecule has 0 aliphatic carbocycles. The van der Waals surface area contributed by atoms with Crippen molar-refractivity contribution in [2.45, 2.75) is 6.18 Å². The molecule has 0 saturated carbocycles. The molecule has 0 atom stereocenters. The largest absolute Gasteiger partial charge is 0.465 e. The molecule has 0 spiro atoms. The number of halogens is 3. The minimum atomic E-state index is -5.09. The molecular weight excluding hydrogens is 369 g/mol. The Balaban J connectivity index is 2.72. The summed E-state index contributed by atoms with van der Waals surface area (Å²) in [6.45, 7) is 0. The van der Waals surface area contributed by atoms with Gasteiger partial charge in [-0.15, -0.1) is 0 Å². The van der Waals surface area contributed by atoms with Gasteiger partial charge in [-0.05, 0) is 11.5 Å². The lowest BCUT2D eigenvalue weighted by atomic mass is 10.0. The van der Waals surface area contributed by atoms with Crippen LogP contribution in [0.4, 0.5) is 13.2 Å². The van der Waals surface area contributed by atoms with Gasteiger partial charge in [-0.3, -0.25) is 4.79 Å². The van der Waals surface area contributed by atoms with E-state index in [1.807, 2.05) is 0 Å². The SMILES string of the molecule is COC(=O)c1c(-c2ccccc2)nsc1C(=CN(C)C)C(=O)C(F)(F)F. The standard InChI is InChI=1S/C17H15F3N2O3S/c1-22(2)9-11(15(23)17(18,19)20)14-12(16(24)25-3)13(21-26-14)10-7-5-4-6-8-10/h4-9H,1-3H3. The molecule has 0 radical (unpaired) electrons. The summed E-state index contributed by atoms with van der Waals surface area (Å²) in [5.41, 5.74) is -0.145. The lowest BCUT2D eigenvalue weighted by Crippen LogP contribution is -2.25. The van der Waals surface area contributed by atoms with Gasteiger partial charge in [0.2, 0.25) is 0 Å². The van der Waals surface area contributed by atoms with Crippen LogP contribution in [0, 0.1) is 0 Å². The molecule has 1 aromatic carbocycles. The van der Waals surface area contributed by atoms with E-state index in [4.69, 9.17) is 4.74 Å². The fourth-order valence-electron chi connectivity index (χ4n) is 2.19. The smallest absolute Gasteiger partial charge is 0.454 e. The zero-order chi connectivity index (χ0) is 19.5. The number of carbonyl (C=O) groups excluding carboxylic acids is 2. The van der Waals surface area contributed by atoms with Gasteiger partial charge in [-0.1, -0.05) is 30.3 Å². The molecule has 0 saturated heterocycles. The predicted molar refractivity (Wildman–Crippen MR) is 91.6 cm³/mol. The topological polar surface area (TPSA) is 59.5 Å². The van der Waals surface area contributed by atoms with Crippen molar-refractivity contribution in [3.05, 3.63) is 47.0 Å². The number of methoxy groups -OCH3 is 1. The number of carbonyl (C=O) groups is 2. The number of nitrogens with zero attached hydrogens (tertiary/aromatic N) is 2. The molecule has 0 unspecified atom stereocenters. The third-order valence-corrected chi connectivity index (χ3v) is 4.14. The molecule has 0 amide bonds. The molecule has 1 heterocycles. The minimum absolute atomic E-state index is 0.164. The quantitative estimate of drug-likeness (QED) is 0.582. The third kappa shape index (κ3) is 4.10. The first kappa shape index (κ1) is 19.6. The van der Waals surface area contributed by atoms with E-state index in [0.717, 1.165) is 13.3 Å². The normalized spacial score (nSPS) is 12.0. The van der Waals surface area contributed by atoms with Crippen LogP contribution in [0.5, 0.6) is 0 Å². The number of hydrogen-bond donors (Lipinski definition) is 0. The van der Waals surface area contributed by atoms with E-state index in [0.29, 0.717) is 17.1 Å². The van der Waals surface area contributed by atoms with E-state index in [1.54, 1.807) is 30.3 Å². The number of allylic oxidation sites excluding steroid dienone is 1. The number of benzene rings is 1. The van der Waals surface area contributed by atoms with Gasteiger partial charge in [-0.25, -0.2) is 4.79 Å². The summed E-state index contributed by atoms with van der Waals surface area (Å²) in [4.78, 5) is 25.3. The van der Waals surface area contributed by atoms with Crippen LogP contribution in [0.3, 0.4) is 0 Å². The van der Waals surface area contributed by atoms with Crippen LogP contribution in [0.1, 0.15) is 15.2 Å². The van der Waals surface area contributed by atoms with Crippen LogP contribution in [0.25, 0.3) is 16.8 Å². The summed E-state index contributed by atoms with van der Waals surface area (Å²) in [7, 11) is 4.06. The first-order valence-corrected chi connectivity index (χ1v) is 8.07. The number of esters is 1. The maximum atomic E-state index is 13.0. The molecule has 0 fully saturated rings. The van der Waals surface area contributed by atoms with Crippen LogP contribution >= 0.6 is 11.5 Å². The summed E-state index contributed by atoms with van der Waals surface area (Å²) in [5, 5.41) is 0. The Hall–Kier alpha value is -2.68. The fraction of sp³-hybridized carbons (Fsp3) is 0.235. The summed E-state index contributed by atoms with van der Waals surface area (Å²) in [5.74, 6) is -2.92. The molecular formula is C17H15F3N2O3S. The highest BCUT2D eigenvalue weighted by atomic mass is 32.1. The third-order valence-electron chi connectivity index (χ3n) is 3.26. The van der Waals surface area contributed by atoms with Crippen molar-refractivity contribution in [2.75, 3.05) is 21.2 Å². The van der Waals surface area contributed by atoms with Crippen molar-refractivity contribution in [1.82, 2.24) is 9.27 Å². The maximum absolute atomic E-state index is 13.0. The van der Waals surface area contributed by atoms with Crippen LogP contribution < -0.4 is 0 Å². The van der Waals surface area contributed by atoms with E-state index in [1.165, 1.54) is 19.0 Å². The second-order valence-corrected chi connectivity index (χ2v) is 6.20. The van der Waals surface area contributed by atoms with Gasteiger partial charge in [-0.2, -0.15) is 17.5 Å². The number of aromatic nitrogens is 1. The fourth-order valence-corrected chi connectivity index (χ4v) is 3.08. The van der Waals surface area contributed by atoms with Gasteiger partial charge in [0, 0.05) is 25.9 Å². The summed E-state index contributed by atoms with van der Waals surface area (Å²) in [6.07, 6.45) is -4.07. The van der Waals surface area contributed by atoms with Gasteiger partial charge >= 0.3 is 12.1 Å². The molecule has 0 N–H and O–H groups in total. The Bertz CT molecular complexity index is 843. The average Bonchev–Trinajstić information content (AvgIpc) is 3.03. The lowest BCUT2D eigenvalue weighted by molar-refractivity contribution is -0.164. The Kier molecular flexibility index (Phi) is 5.81. The van der Waals surface area contributed by atoms with E-state index >= 15 is 0 Å². The zero-order valence-electron chi connectivity index (χ0n) is 14.1. The van der Waals surface area contributed by atoms with Gasteiger partial charge < -0.3 is 9.64 Å². The van der Waals surface area contributed by atoms with E-state index in [-0.39, 0.29) is 16.1 Å². The number of rotatable bonds is 5. The number of ether oxygens (including phenoxy) is 1. The van der Waals surface area contributed by atoms with E-state index in [9.17, 15) is 22.8 Å². The highest BCUT2D eigenvalue weighted by Crippen LogP contribution is 2.36. The number of Topliss-reactive ketones (excluding diaryl/α,β-unsaturated/α-hetero) is 1. The van der Waals surface area contributed by atoms with Gasteiger partial charge in [0.25, 0.3) is 5.78 Å². The Morgan fingerprint density at radius 1 is 1.19 bits per heavy atom. The van der Waals surface area contributed by atoms with Gasteiger partial charge in [0.05, 0.1) is 23.3 Å². The molecule has 1 aromatic heterocycles. The lowest BCUT2D eigenvalue weighted by Gasteiger charge is -2.13. The van der Waals surface area contributed by atoms with Crippen molar-refractivity contribution in [2.24, 2.45) is 0 Å². The molecule has 0 bridgehead atoms. The molecule has 5 nitrogen and oxygen atoms in total.